The van der Waals surface area contributed by atoms with E-state index in [2.05, 4.69) is 15.1 Å². The van der Waals surface area contributed by atoms with E-state index in [1.807, 2.05) is 6.07 Å². The van der Waals surface area contributed by atoms with Crippen LogP contribution >= 0.6 is 0 Å². The molecule has 1 N–H and O–H groups in total. The number of hydrogen-bond acceptors (Lipinski definition) is 4. The van der Waals surface area contributed by atoms with Gasteiger partial charge >= 0.3 is 6.18 Å². The van der Waals surface area contributed by atoms with Crippen LogP contribution in [0.25, 0.3) is 11.3 Å². The van der Waals surface area contributed by atoms with E-state index >= 15 is 0 Å². The number of nitro groups is 1. The van der Waals surface area contributed by atoms with E-state index in [1.165, 1.54) is 24.3 Å². The Labute approximate surface area is 176 Å². The van der Waals surface area contributed by atoms with Crippen molar-refractivity contribution in [1.82, 2.24) is 15.1 Å². The number of likely N-dealkylation sites (tertiary alicyclic amines) is 1. The molecule has 0 atom stereocenters. The molecule has 9 heteroatoms. The average molecular weight is 430 g/mol. The molecule has 1 aromatic heterocycles. The van der Waals surface area contributed by atoms with Crippen LogP contribution in [-0.4, -0.2) is 33.1 Å². The van der Waals surface area contributed by atoms with Gasteiger partial charge in [-0.2, -0.15) is 18.3 Å². The van der Waals surface area contributed by atoms with Gasteiger partial charge in [0, 0.05) is 35.9 Å². The number of H-pyrrole nitrogens is 1. The second-order valence-corrected chi connectivity index (χ2v) is 7.76. The summed E-state index contributed by atoms with van der Waals surface area (Å²) in [5, 5.41) is 18.4. The zero-order valence-electron chi connectivity index (χ0n) is 16.6. The fourth-order valence-electron chi connectivity index (χ4n) is 3.93. The van der Waals surface area contributed by atoms with E-state index in [0.29, 0.717) is 23.7 Å². The molecular formula is C22H21F3N4O2. The van der Waals surface area contributed by atoms with Gasteiger partial charge in [-0.15, -0.1) is 0 Å². The molecule has 2 heterocycles. The first-order valence-electron chi connectivity index (χ1n) is 9.98. The summed E-state index contributed by atoms with van der Waals surface area (Å²) in [6, 6.07) is 13.7. The highest BCUT2D eigenvalue weighted by Crippen LogP contribution is 2.32. The van der Waals surface area contributed by atoms with Gasteiger partial charge in [0.25, 0.3) is 5.69 Å². The molecule has 0 unspecified atom stereocenters. The highest BCUT2D eigenvalue weighted by atomic mass is 19.4. The Morgan fingerprint density at radius 3 is 2.45 bits per heavy atom. The first-order chi connectivity index (χ1) is 14.8. The van der Waals surface area contributed by atoms with Crippen LogP contribution in [0.3, 0.4) is 0 Å². The monoisotopic (exact) mass is 430 g/mol. The quantitative estimate of drug-likeness (QED) is 0.435. The summed E-state index contributed by atoms with van der Waals surface area (Å²) in [4.78, 5) is 12.8. The summed E-state index contributed by atoms with van der Waals surface area (Å²) in [7, 11) is 0. The number of aromatic amines is 1. The third-order valence-electron chi connectivity index (χ3n) is 5.67. The van der Waals surface area contributed by atoms with Gasteiger partial charge in [0.15, 0.2) is 0 Å². The number of non-ortho nitro benzene ring substituents is 1. The molecular weight excluding hydrogens is 409 g/mol. The van der Waals surface area contributed by atoms with Crippen molar-refractivity contribution < 1.29 is 18.1 Å². The Morgan fingerprint density at radius 1 is 1.10 bits per heavy atom. The number of halogens is 3. The molecule has 0 amide bonds. The maximum atomic E-state index is 12.7. The van der Waals surface area contributed by atoms with Crippen LogP contribution in [0.4, 0.5) is 18.9 Å². The maximum Gasteiger partial charge on any atom is 0.416 e. The molecule has 0 spiro atoms. The largest absolute Gasteiger partial charge is 0.416 e. The summed E-state index contributed by atoms with van der Waals surface area (Å²) in [5.74, 6) is 0.295. The highest BCUT2D eigenvalue weighted by Gasteiger charge is 2.30. The van der Waals surface area contributed by atoms with Gasteiger partial charge in [0.2, 0.25) is 0 Å². The SMILES string of the molecule is O=[N+]([O-])c1cccc(-c2cc(C3CCN(Cc4ccc(C(F)(F)F)cc4)CC3)[nH]n2)c1. The highest BCUT2D eigenvalue weighted by molar-refractivity contribution is 5.62. The summed E-state index contributed by atoms with van der Waals surface area (Å²) in [6.45, 7) is 2.28. The number of nitrogens with zero attached hydrogens (tertiary/aromatic N) is 3. The number of nitrogens with one attached hydrogen (secondary N) is 1. The molecule has 162 valence electrons. The van der Waals surface area contributed by atoms with Crippen molar-refractivity contribution in [3.63, 3.8) is 0 Å². The lowest BCUT2D eigenvalue weighted by Gasteiger charge is -2.31. The van der Waals surface area contributed by atoms with Gasteiger partial charge in [-0.1, -0.05) is 24.3 Å². The minimum absolute atomic E-state index is 0.0265. The van der Waals surface area contributed by atoms with Crippen molar-refractivity contribution in [3.8, 4) is 11.3 Å². The van der Waals surface area contributed by atoms with Gasteiger partial charge in [0.05, 0.1) is 16.2 Å². The molecule has 0 saturated carbocycles. The average Bonchev–Trinajstić information content (AvgIpc) is 3.24. The minimum atomic E-state index is -4.32. The number of piperidine rings is 1. The van der Waals surface area contributed by atoms with Crippen LogP contribution in [0.15, 0.2) is 54.6 Å². The minimum Gasteiger partial charge on any atom is -0.299 e. The van der Waals surface area contributed by atoms with Crippen LogP contribution in [0.2, 0.25) is 0 Å². The third-order valence-corrected chi connectivity index (χ3v) is 5.67. The van der Waals surface area contributed by atoms with Crippen molar-refractivity contribution in [2.45, 2.75) is 31.5 Å². The first kappa shape index (κ1) is 21.0. The molecule has 0 aliphatic carbocycles. The standard InChI is InChI=1S/C22H21F3N4O2/c23-22(24,25)18-6-4-15(5-7-18)14-28-10-8-16(9-11-28)20-13-21(27-26-20)17-2-1-3-19(12-17)29(30)31/h1-7,12-13,16H,8-11,14H2,(H,26,27). The molecule has 1 saturated heterocycles. The summed E-state index contributed by atoms with van der Waals surface area (Å²) < 4.78 is 38.1. The number of rotatable bonds is 5. The van der Waals surface area contributed by atoms with Crippen molar-refractivity contribution in [2.75, 3.05) is 13.1 Å². The van der Waals surface area contributed by atoms with Crippen LogP contribution in [0.5, 0.6) is 0 Å². The first-order valence-corrected chi connectivity index (χ1v) is 9.98. The Balaban J connectivity index is 1.35. The molecule has 4 rings (SSSR count). The molecule has 1 fully saturated rings. The second kappa shape index (κ2) is 8.50. The summed E-state index contributed by atoms with van der Waals surface area (Å²) >= 11 is 0. The molecule has 6 nitrogen and oxygen atoms in total. The summed E-state index contributed by atoms with van der Waals surface area (Å²) in [5.41, 5.74) is 2.62. The predicted octanol–water partition coefficient (Wildman–Crippen LogP) is 5.38. The second-order valence-electron chi connectivity index (χ2n) is 7.76. The van der Waals surface area contributed by atoms with E-state index in [4.69, 9.17) is 0 Å². The molecule has 2 aromatic carbocycles. The molecule has 31 heavy (non-hydrogen) atoms. The molecule has 1 aliphatic heterocycles. The Hall–Kier alpha value is -3.20. The number of aromatic nitrogens is 2. The van der Waals surface area contributed by atoms with Crippen LogP contribution in [0, 0.1) is 10.1 Å². The third kappa shape index (κ3) is 4.93. The zero-order chi connectivity index (χ0) is 22.0. The number of alkyl halides is 3. The topological polar surface area (TPSA) is 75.1 Å². The van der Waals surface area contributed by atoms with Crippen LogP contribution in [-0.2, 0) is 12.7 Å². The summed E-state index contributed by atoms with van der Waals surface area (Å²) in [6.07, 6.45) is -2.51. The van der Waals surface area contributed by atoms with E-state index in [1.54, 1.807) is 12.1 Å². The zero-order valence-corrected chi connectivity index (χ0v) is 16.6. The van der Waals surface area contributed by atoms with Gasteiger partial charge < -0.3 is 0 Å². The molecule has 0 radical (unpaired) electrons. The lowest BCUT2D eigenvalue weighted by atomic mass is 9.93. The van der Waals surface area contributed by atoms with E-state index < -0.39 is 16.7 Å². The van der Waals surface area contributed by atoms with E-state index in [0.717, 1.165) is 49.3 Å². The molecule has 3 aromatic rings. The van der Waals surface area contributed by atoms with Crippen molar-refractivity contribution in [1.29, 1.82) is 0 Å². The number of hydrogen-bond donors (Lipinski definition) is 1. The number of benzene rings is 2. The lowest BCUT2D eigenvalue weighted by molar-refractivity contribution is -0.384. The van der Waals surface area contributed by atoms with Crippen LogP contribution in [0.1, 0.15) is 35.6 Å². The molecule has 1 aliphatic rings. The van der Waals surface area contributed by atoms with Crippen LogP contribution < -0.4 is 0 Å². The number of nitro benzene ring substituents is 1. The van der Waals surface area contributed by atoms with E-state index in [-0.39, 0.29) is 5.69 Å². The smallest absolute Gasteiger partial charge is 0.299 e. The Kier molecular flexibility index (Phi) is 5.77. The van der Waals surface area contributed by atoms with Gasteiger partial charge in [0.1, 0.15) is 0 Å². The Bertz CT molecular complexity index is 1060. The normalized spacial score (nSPS) is 15.8. The van der Waals surface area contributed by atoms with E-state index in [9.17, 15) is 23.3 Å². The van der Waals surface area contributed by atoms with Crippen molar-refractivity contribution in [2.24, 2.45) is 0 Å². The Morgan fingerprint density at radius 2 is 1.81 bits per heavy atom. The fourth-order valence-corrected chi connectivity index (χ4v) is 3.93. The molecule has 0 bridgehead atoms. The van der Waals surface area contributed by atoms with Crippen molar-refractivity contribution in [3.05, 3.63) is 81.5 Å². The van der Waals surface area contributed by atoms with Crippen molar-refractivity contribution >= 4 is 5.69 Å². The lowest BCUT2D eigenvalue weighted by Crippen LogP contribution is -2.32. The maximum absolute atomic E-state index is 12.7. The van der Waals surface area contributed by atoms with Gasteiger partial charge in [-0.05, 0) is 49.7 Å². The predicted molar refractivity (Wildman–Crippen MR) is 109 cm³/mol. The van der Waals surface area contributed by atoms with Gasteiger partial charge in [-0.25, -0.2) is 0 Å². The van der Waals surface area contributed by atoms with Gasteiger partial charge in [-0.3, -0.25) is 20.1 Å². The fraction of sp³-hybridized carbons (Fsp3) is 0.318.